The first-order valence-electron chi connectivity index (χ1n) is 6.22. The minimum Gasteiger partial charge on any atom is -0.378 e. The Kier molecular flexibility index (Phi) is 5.17. The van der Waals surface area contributed by atoms with Crippen LogP contribution in [0.2, 0.25) is 10.0 Å². The SMILES string of the molecule is C[C@@H](Cn1cncn1)NC(=O)[C@H](O)c1cc(Cl)cc(Cl)c1. The minimum absolute atomic E-state index is 0.219. The van der Waals surface area contributed by atoms with Crippen molar-refractivity contribution in [3.05, 3.63) is 46.5 Å². The molecule has 6 nitrogen and oxygen atoms in total. The van der Waals surface area contributed by atoms with E-state index in [1.165, 1.54) is 24.5 Å². The standard InChI is InChI=1S/C13H14Cl2N4O2/c1-8(5-19-7-16-6-17-19)18-13(21)12(20)9-2-10(14)4-11(15)3-9/h2-4,6-8,12,20H,5H2,1H3,(H,18,21)/t8-,12+/m0/s1. The number of amides is 1. The molecular formula is C13H14Cl2N4O2. The van der Waals surface area contributed by atoms with Crippen LogP contribution in [0.25, 0.3) is 0 Å². The topological polar surface area (TPSA) is 80.0 Å². The largest absolute Gasteiger partial charge is 0.378 e. The zero-order chi connectivity index (χ0) is 15.4. The molecule has 0 aliphatic rings. The van der Waals surface area contributed by atoms with Crippen molar-refractivity contribution < 1.29 is 9.90 Å². The van der Waals surface area contributed by atoms with Gasteiger partial charge in [0.25, 0.3) is 5.91 Å². The summed E-state index contributed by atoms with van der Waals surface area (Å²) in [6.45, 7) is 2.26. The van der Waals surface area contributed by atoms with E-state index in [1.807, 2.05) is 0 Å². The van der Waals surface area contributed by atoms with Crippen molar-refractivity contribution in [2.24, 2.45) is 0 Å². The first-order chi connectivity index (χ1) is 9.95. The lowest BCUT2D eigenvalue weighted by Gasteiger charge is -2.17. The lowest BCUT2D eigenvalue weighted by Crippen LogP contribution is -2.38. The smallest absolute Gasteiger partial charge is 0.253 e. The maximum absolute atomic E-state index is 12.0. The average Bonchev–Trinajstić information content (AvgIpc) is 2.89. The minimum atomic E-state index is -1.33. The number of rotatable bonds is 5. The first kappa shape index (κ1) is 15.8. The number of aliphatic hydroxyl groups excluding tert-OH is 1. The molecule has 2 rings (SSSR count). The van der Waals surface area contributed by atoms with Crippen molar-refractivity contribution in [1.82, 2.24) is 20.1 Å². The van der Waals surface area contributed by atoms with Crippen LogP contribution >= 0.6 is 23.2 Å². The zero-order valence-corrected chi connectivity index (χ0v) is 12.7. The monoisotopic (exact) mass is 328 g/mol. The number of halogens is 2. The third-order valence-corrected chi connectivity index (χ3v) is 3.20. The van der Waals surface area contributed by atoms with Gasteiger partial charge in [0, 0.05) is 16.1 Å². The molecule has 0 spiro atoms. The fourth-order valence-electron chi connectivity index (χ4n) is 1.86. The second-order valence-corrected chi connectivity index (χ2v) is 5.51. The highest BCUT2D eigenvalue weighted by molar-refractivity contribution is 6.34. The van der Waals surface area contributed by atoms with Gasteiger partial charge in [-0.15, -0.1) is 0 Å². The fraction of sp³-hybridized carbons (Fsp3) is 0.308. The molecular weight excluding hydrogens is 315 g/mol. The van der Waals surface area contributed by atoms with Crippen molar-refractivity contribution in [2.45, 2.75) is 25.6 Å². The van der Waals surface area contributed by atoms with Crippen molar-refractivity contribution >= 4 is 29.1 Å². The summed E-state index contributed by atoms with van der Waals surface area (Å²) in [7, 11) is 0. The quantitative estimate of drug-likeness (QED) is 0.877. The van der Waals surface area contributed by atoms with Crippen LogP contribution in [-0.2, 0) is 11.3 Å². The molecule has 0 saturated heterocycles. The molecule has 0 bridgehead atoms. The number of carbonyl (C=O) groups is 1. The summed E-state index contributed by atoms with van der Waals surface area (Å²) in [4.78, 5) is 15.8. The molecule has 0 fully saturated rings. The predicted octanol–water partition coefficient (Wildman–Crippen LogP) is 1.82. The normalized spacial score (nSPS) is 13.7. The summed E-state index contributed by atoms with van der Waals surface area (Å²) in [5.74, 6) is -0.527. The third-order valence-electron chi connectivity index (χ3n) is 2.77. The van der Waals surface area contributed by atoms with Gasteiger partial charge in [-0.25, -0.2) is 4.98 Å². The Bertz CT molecular complexity index is 598. The van der Waals surface area contributed by atoms with E-state index in [0.29, 0.717) is 22.2 Å². The second-order valence-electron chi connectivity index (χ2n) is 4.63. The number of nitrogens with one attached hydrogen (secondary N) is 1. The third kappa shape index (κ3) is 4.42. The van der Waals surface area contributed by atoms with E-state index in [-0.39, 0.29) is 6.04 Å². The van der Waals surface area contributed by atoms with Crippen LogP contribution < -0.4 is 5.32 Å². The highest BCUT2D eigenvalue weighted by Crippen LogP contribution is 2.23. The van der Waals surface area contributed by atoms with Gasteiger partial charge in [-0.05, 0) is 30.7 Å². The Morgan fingerprint density at radius 2 is 2.05 bits per heavy atom. The van der Waals surface area contributed by atoms with E-state index in [0.717, 1.165) is 0 Å². The Hall–Kier alpha value is -1.63. The van der Waals surface area contributed by atoms with Gasteiger partial charge in [0.05, 0.1) is 6.54 Å². The molecule has 2 N–H and O–H groups in total. The summed E-state index contributed by atoms with van der Waals surface area (Å²) in [5.41, 5.74) is 0.345. The van der Waals surface area contributed by atoms with Crippen molar-refractivity contribution in [1.29, 1.82) is 0 Å². The summed E-state index contributed by atoms with van der Waals surface area (Å²) in [5, 5.41) is 17.4. The van der Waals surface area contributed by atoms with Crippen LogP contribution in [0.5, 0.6) is 0 Å². The molecule has 0 radical (unpaired) electrons. The Morgan fingerprint density at radius 1 is 1.38 bits per heavy atom. The highest BCUT2D eigenvalue weighted by Gasteiger charge is 2.20. The molecule has 21 heavy (non-hydrogen) atoms. The molecule has 0 unspecified atom stereocenters. The number of hydrogen-bond donors (Lipinski definition) is 2. The molecule has 1 heterocycles. The molecule has 0 saturated carbocycles. The second kappa shape index (κ2) is 6.89. The first-order valence-corrected chi connectivity index (χ1v) is 6.98. The number of aliphatic hydroxyl groups is 1. The Labute approximate surface area is 131 Å². The fourth-order valence-corrected chi connectivity index (χ4v) is 2.40. The van der Waals surface area contributed by atoms with Gasteiger partial charge < -0.3 is 10.4 Å². The van der Waals surface area contributed by atoms with E-state index in [1.54, 1.807) is 17.9 Å². The lowest BCUT2D eigenvalue weighted by atomic mass is 10.1. The van der Waals surface area contributed by atoms with E-state index in [9.17, 15) is 9.90 Å². The van der Waals surface area contributed by atoms with Crippen LogP contribution in [0.1, 0.15) is 18.6 Å². The Balaban J connectivity index is 1.98. The van der Waals surface area contributed by atoms with E-state index in [2.05, 4.69) is 15.4 Å². The van der Waals surface area contributed by atoms with E-state index >= 15 is 0 Å². The Morgan fingerprint density at radius 3 is 2.62 bits per heavy atom. The highest BCUT2D eigenvalue weighted by atomic mass is 35.5. The van der Waals surface area contributed by atoms with E-state index < -0.39 is 12.0 Å². The lowest BCUT2D eigenvalue weighted by molar-refractivity contribution is -0.130. The molecule has 0 aliphatic heterocycles. The van der Waals surface area contributed by atoms with Crippen LogP contribution in [0.15, 0.2) is 30.9 Å². The summed E-state index contributed by atoms with van der Waals surface area (Å²) in [6, 6.07) is 4.31. The molecule has 112 valence electrons. The van der Waals surface area contributed by atoms with Crippen molar-refractivity contribution in [3.63, 3.8) is 0 Å². The molecule has 0 aliphatic carbocycles. The number of nitrogens with zero attached hydrogens (tertiary/aromatic N) is 3. The van der Waals surface area contributed by atoms with Crippen LogP contribution in [-0.4, -0.2) is 31.8 Å². The maximum Gasteiger partial charge on any atom is 0.253 e. The summed E-state index contributed by atoms with van der Waals surface area (Å²) >= 11 is 11.7. The van der Waals surface area contributed by atoms with Gasteiger partial charge in [-0.2, -0.15) is 5.10 Å². The summed E-state index contributed by atoms with van der Waals surface area (Å²) < 4.78 is 1.59. The maximum atomic E-state index is 12.0. The van der Waals surface area contributed by atoms with Crippen molar-refractivity contribution in [3.8, 4) is 0 Å². The van der Waals surface area contributed by atoms with Gasteiger partial charge >= 0.3 is 0 Å². The molecule has 2 atom stereocenters. The number of benzene rings is 1. The van der Waals surface area contributed by atoms with Gasteiger partial charge in [0.15, 0.2) is 6.10 Å². The molecule has 8 heteroatoms. The van der Waals surface area contributed by atoms with Crippen molar-refractivity contribution in [2.75, 3.05) is 0 Å². The zero-order valence-electron chi connectivity index (χ0n) is 11.2. The van der Waals surface area contributed by atoms with Gasteiger partial charge in [0.2, 0.25) is 0 Å². The van der Waals surface area contributed by atoms with Gasteiger partial charge in [0.1, 0.15) is 12.7 Å². The van der Waals surface area contributed by atoms with Gasteiger partial charge in [-0.1, -0.05) is 23.2 Å². The molecule has 1 aromatic heterocycles. The summed E-state index contributed by atoms with van der Waals surface area (Å²) in [6.07, 6.45) is 1.63. The average molecular weight is 329 g/mol. The van der Waals surface area contributed by atoms with E-state index in [4.69, 9.17) is 23.2 Å². The molecule has 1 amide bonds. The van der Waals surface area contributed by atoms with Crippen LogP contribution in [0, 0.1) is 0 Å². The molecule has 1 aromatic carbocycles. The van der Waals surface area contributed by atoms with Crippen LogP contribution in [0.4, 0.5) is 0 Å². The molecule has 2 aromatic rings. The van der Waals surface area contributed by atoms with Gasteiger partial charge in [-0.3, -0.25) is 9.48 Å². The predicted molar refractivity (Wildman–Crippen MR) is 79.0 cm³/mol. The number of aromatic nitrogens is 3. The van der Waals surface area contributed by atoms with Crippen LogP contribution in [0.3, 0.4) is 0 Å². The number of hydrogen-bond acceptors (Lipinski definition) is 4. The number of carbonyl (C=O) groups excluding carboxylic acids is 1.